The molecule has 0 saturated carbocycles. The maximum Gasteiger partial charge on any atom is 0.323 e. The lowest BCUT2D eigenvalue weighted by Crippen LogP contribution is -2.19. The number of anilines is 3. The molecule has 2 amide bonds. The molecule has 0 saturated heterocycles. The Morgan fingerprint density at radius 1 is 0.923 bits per heavy atom. The quantitative estimate of drug-likeness (QED) is 0.641. The standard InChI is InChI=1S/C20H21N5O/c1-14-5-3-7-17(9-14)24-20(26)25-18-8-4-6-16(11-18)12-21-19-10-15(2)22-13-23-19/h3-11,13H,12H2,1-2H3,(H,21,22,23)(H2,24,25,26). The Hall–Kier alpha value is -3.41. The van der Waals surface area contributed by atoms with Crippen molar-refractivity contribution in [3.8, 4) is 0 Å². The summed E-state index contributed by atoms with van der Waals surface area (Å²) in [6.45, 7) is 4.51. The van der Waals surface area contributed by atoms with E-state index in [1.807, 2.05) is 68.4 Å². The molecule has 0 aliphatic rings. The summed E-state index contributed by atoms with van der Waals surface area (Å²) in [4.78, 5) is 20.4. The van der Waals surface area contributed by atoms with Crippen molar-refractivity contribution in [2.24, 2.45) is 0 Å². The minimum Gasteiger partial charge on any atom is -0.366 e. The molecule has 3 rings (SSSR count). The van der Waals surface area contributed by atoms with Crippen molar-refractivity contribution in [1.82, 2.24) is 9.97 Å². The van der Waals surface area contributed by atoms with Crippen molar-refractivity contribution in [2.45, 2.75) is 20.4 Å². The molecule has 0 unspecified atom stereocenters. The minimum absolute atomic E-state index is 0.271. The highest BCUT2D eigenvalue weighted by atomic mass is 16.2. The van der Waals surface area contributed by atoms with Gasteiger partial charge in [0, 0.05) is 29.7 Å². The Balaban J connectivity index is 1.59. The van der Waals surface area contributed by atoms with Gasteiger partial charge in [-0.2, -0.15) is 0 Å². The van der Waals surface area contributed by atoms with E-state index in [9.17, 15) is 4.79 Å². The number of carbonyl (C=O) groups is 1. The number of carbonyl (C=O) groups excluding carboxylic acids is 1. The monoisotopic (exact) mass is 347 g/mol. The molecule has 1 aromatic heterocycles. The predicted molar refractivity (Wildman–Crippen MR) is 104 cm³/mol. The molecule has 0 fully saturated rings. The first kappa shape index (κ1) is 17.4. The molecule has 0 aliphatic carbocycles. The number of nitrogens with zero attached hydrogens (tertiary/aromatic N) is 2. The molecule has 132 valence electrons. The van der Waals surface area contributed by atoms with E-state index in [2.05, 4.69) is 25.9 Å². The van der Waals surface area contributed by atoms with Gasteiger partial charge in [0.05, 0.1) is 0 Å². The average Bonchev–Trinajstić information content (AvgIpc) is 2.60. The number of hydrogen-bond donors (Lipinski definition) is 3. The first-order valence-corrected chi connectivity index (χ1v) is 8.34. The van der Waals surface area contributed by atoms with Gasteiger partial charge in [-0.25, -0.2) is 14.8 Å². The highest BCUT2D eigenvalue weighted by molar-refractivity contribution is 5.99. The Morgan fingerprint density at radius 3 is 2.38 bits per heavy atom. The van der Waals surface area contributed by atoms with Gasteiger partial charge >= 0.3 is 6.03 Å². The second-order valence-corrected chi connectivity index (χ2v) is 6.05. The highest BCUT2D eigenvalue weighted by Gasteiger charge is 2.04. The number of aromatic nitrogens is 2. The smallest absolute Gasteiger partial charge is 0.323 e. The third-order valence-corrected chi connectivity index (χ3v) is 3.74. The van der Waals surface area contributed by atoms with Crippen LogP contribution in [0.4, 0.5) is 22.0 Å². The van der Waals surface area contributed by atoms with Gasteiger partial charge in [0.1, 0.15) is 12.1 Å². The molecule has 0 radical (unpaired) electrons. The minimum atomic E-state index is -0.271. The normalized spacial score (nSPS) is 10.2. The zero-order valence-electron chi connectivity index (χ0n) is 14.8. The van der Waals surface area contributed by atoms with Crippen LogP contribution in [0.3, 0.4) is 0 Å². The maximum atomic E-state index is 12.2. The van der Waals surface area contributed by atoms with Crippen molar-refractivity contribution in [2.75, 3.05) is 16.0 Å². The van der Waals surface area contributed by atoms with Crippen LogP contribution in [-0.2, 0) is 6.54 Å². The SMILES string of the molecule is Cc1cccc(NC(=O)Nc2cccc(CNc3cc(C)ncn3)c2)c1. The fourth-order valence-electron chi connectivity index (χ4n) is 2.52. The van der Waals surface area contributed by atoms with Crippen molar-refractivity contribution in [3.05, 3.63) is 77.7 Å². The second-order valence-electron chi connectivity index (χ2n) is 6.05. The first-order chi connectivity index (χ1) is 12.6. The Kier molecular flexibility index (Phi) is 5.43. The van der Waals surface area contributed by atoms with Gasteiger partial charge in [-0.05, 0) is 49.2 Å². The van der Waals surface area contributed by atoms with Crippen molar-refractivity contribution in [3.63, 3.8) is 0 Å². The molecule has 0 atom stereocenters. The molecule has 0 bridgehead atoms. The third kappa shape index (κ3) is 5.04. The van der Waals surface area contributed by atoms with Crippen LogP contribution in [0.25, 0.3) is 0 Å². The van der Waals surface area contributed by atoms with E-state index in [0.717, 1.165) is 34.0 Å². The molecule has 6 nitrogen and oxygen atoms in total. The van der Waals surface area contributed by atoms with Crippen LogP contribution >= 0.6 is 0 Å². The lowest BCUT2D eigenvalue weighted by Gasteiger charge is -2.10. The maximum absolute atomic E-state index is 12.2. The largest absolute Gasteiger partial charge is 0.366 e. The van der Waals surface area contributed by atoms with Crippen LogP contribution in [-0.4, -0.2) is 16.0 Å². The molecule has 3 aromatic rings. The van der Waals surface area contributed by atoms with E-state index in [1.54, 1.807) is 0 Å². The number of benzene rings is 2. The van der Waals surface area contributed by atoms with Gasteiger partial charge in [0.25, 0.3) is 0 Å². The summed E-state index contributed by atoms with van der Waals surface area (Å²) >= 11 is 0. The molecule has 26 heavy (non-hydrogen) atoms. The predicted octanol–water partition coefficient (Wildman–Crippen LogP) is 4.35. The molecule has 2 aromatic carbocycles. The lowest BCUT2D eigenvalue weighted by molar-refractivity contribution is 0.262. The van der Waals surface area contributed by atoms with Gasteiger partial charge < -0.3 is 16.0 Å². The van der Waals surface area contributed by atoms with E-state index in [0.29, 0.717) is 6.54 Å². The van der Waals surface area contributed by atoms with E-state index in [4.69, 9.17) is 0 Å². The number of amides is 2. The zero-order chi connectivity index (χ0) is 18.4. The van der Waals surface area contributed by atoms with Gasteiger partial charge in [0.15, 0.2) is 0 Å². The third-order valence-electron chi connectivity index (χ3n) is 3.74. The Bertz CT molecular complexity index is 910. The van der Waals surface area contributed by atoms with E-state index in [1.165, 1.54) is 6.33 Å². The topological polar surface area (TPSA) is 78.9 Å². The molecule has 6 heteroatoms. The van der Waals surface area contributed by atoms with Gasteiger partial charge in [-0.15, -0.1) is 0 Å². The summed E-state index contributed by atoms with van der Waals surface area (Å²) in [6.07, 6.45) is 1.53. The van der Waals surface area contributed by atoms with Crippen LogP contribution in [0.1, 0.15) is 16.8 Å². The Morgan fingerprint density at radius 2 is 1.65 bits per heavy atom. The van der Waals surface area contributed by atoms with Crippen LogP contribution in [0.2, 0.25) is 0 Å². The molecule has 0 aliphatic heterocycles. The summed E-state index contributed by atoms with van der Waals surface area (Å²) in [6, 6.07) is 17.0. The van der Waals surface area contributed by atoms with Crippen LogP contribution in [0.5, 0.6) is 0 Å². The number of rotatable bonds is 5. The van der Waals surface area contributed by atoms with Crippen molar-refractivity contribution >= 4 is 23.2 Å². The average molecular weight is 347 g/mol. The van der Waals surface area contributed by atoms with Gasteiger partial charge in [0.2, 0.25) is 0 Å². The van der Waals surface area contributed by atoms with Crippen LogP contribution in [0.15, 0.2) is 60.9 Å². The van der Waals surface area contributed by atoms with E-state index in [-0.39, 0.29) is 6.03 Å². The summed E-state index contributed by atoms with van der Waals surface area (Å²) in [7, 11) is 0. The number of aryl methyl sites for hydroxylation is 2. The fourth-order valence-corrected chi connectivity index (χ4v) is 2.52. The Labute approximate surface area is 152 Å². The molecule has 3 N–H and O–H groups in total. The number of hydrogen-bond acceptors (Lipinski definition) is 4. The van der Waals surface area contributed by atoms with Crippen LogP contribution < -0.4 is 16.0 Å². The second kappa shape index (κ2) is 8.11. The summed E-state index contributed by atoms with van der Waals surface area (Å²) in [5.41, 5.74) is 4.53. The fraction of sp³-hybridized carbons (Fsp3) is 0.150. The first-order valence-electron chi connectivity index (χ1n) is 8.34. The highest BCUT2D eigenvalue weighted by Crippen LogP contribution is 2.14. The van der Waals surface area contributed by atoms with Gasteiger partial charge in [-0.3, -0.25) is 0 Å². The van der Waals surface area contributed by atoms with Crippen molar-refractivity contribution in [1.29, 1.82) is 0 Å². The summed E-state index contributed by atoms with van der Waals surface area (Å²) in [5.74, 6) is 0.771. The molecular formula is C20H21N5O. The molecular weight excluding hydrogens is 326 g/mol. The van der Waals surface area contributed by atoms with Gasteiger partial charge in [-0.1, -0.05) is 24.3 Å². The van der Waals surface area contributed by atoms with Crippen LogP contribution in [0, 0.1) is 13.8 Å². The molecule has 1 heterocycles. The number of urea groups is 1. The van der Waals surface area contributed by atoms with E-state index < -0.39 is 0 Å². The summed E-state index contributed by atoms with van der Waals surface area (Å²) < 4.78 is 0. The number of nitrogens with one attached hydrogen (secondary N) is 3. The summed E-state index contributed by atoms with van der Waals surface area (Å²) in [5, 5.41) is 8.94. The van der Waals surface area contributed by atoms with Crippen molar-refractivity contribution < 1.29 is 4.79 Å². The van der Waals surface area contributed by atoms with E-state index >= 15 is 0 Å². The molecule has 0 spiro atoms. The lowest BCUT2D eigenvalue weighted by atomic mass is 10.2. The zero-order valence-corrected chi connectivity index (χ0v) is 14.8.